The van der Waals surface area contributed by atoms with Crippen molar-refractivity contribution in [2.45, 2.75) is 6.54 Å². The minimum Gasteiger partial charge on any atom is -0.482 e. The summed E-state index contributed by atoms with van der Waals surface area (Å²) in [5, 5.41) is 4.02. The van der Waals surface area contributed by atoms with Crippen LogP contribution in [-0.4, -0.2) is 74.5 Å². The lowest BCUT2D eigenvalue weighted by Gasteiger charge is -2.26. The first-order valence-electron chi connectivity index (χ1n) is 10.7. The van der Waals surface area contributed by atoms with E-state index in [1.807, 2.05) is 18.4 Å². The van der Waals surface area contributed by atoms with Crippen molar-refractivity contribution < 1.29 is 23.8 Å². The summed E-state index contributed by atoms with van der Waals surface area (Å²) in [6, 6.07) is 14.6. The third-order valence-electron chi connectivity index (χ3n) is 4.89. The number of esters is 1. The van der Waals surface area contributed by atoms with Crippen molar-refractivity contribution in [2.75, 3.05) is 51.5 Å². The maximum atomic E-state index is 12.3. The van der Waals surface area contributed by atoms with Gasteiger partial charge in [0.05, 0.1) is 19.4 Å². The predicted molar refractivity (Wildman–Crippen MR) is 129 cm³/mol. The standard InChI is InChI=1S/C24H29N3O5S/c1-33-15-14-31-23(28)18-32-22-8-4-19(5-9-22)16-25-26-24(29)21-6-2-20(3-7-21)17-27-10-12-30-13-11-27/h2-9,16H,10-15,17-18H2,1H3,(H,26,29). The number of nitrogens with zero attached hydrogens (tertiary/aromatic N) is 2. The van der Waals surface area contributed by atoms with Crippen LogP contribution in [0.25, 0.3) is 0 Å². The van der Waals surface area contributed by atoms with Crippen LogP contribution in [-0.2, 0) is 20.8 Å². The zero-order valence-electron chi connectivity index (χ0n) is 18.7. The highest BCUT2D eigenvalue weighted by atomic mass is 32.2. The molecule has 0 bridgehead atoms. The van der Waals surface area contributed by atoms with Crippen LogP contribution in [0, 0.1) is 0 Å². The van der Waals surface area contributed by atoms with Gasteiger partial charge >= 0.3 is 5.97 Å². The SMILES string of the molecule is CSCCOC(=O)COc1ccc(C=NNC(=O)c2ccc(CN3CCOCC3)cc2)cc1. The molecule has 3 rings (SSSR count). The Kier molecular flexibility index (Phi) is 10.2. The number of hydrazone groups is 1. The van der Waals surface area contributed by atoms with Crippen LogP contribution in [0.1, 0.15) is 21.5 Å². The number of hydrogen-bond acceptors (Lipinski definition) is 8. The summed E-state index contributed by atoms with van der Waals surface area (Å²) in [6.07, 6.45) is 3.50. The van der Waals surface area contributed by atoms with Gasteiger partial charge < -0.3 is 14.2 Å². The van der Waals surface area contributed by atoms with E-state index in [1.165, 1.54) is 0 Å². The van der Waals surface area contributed by atoms with Gasteiger partial charge in [0, 0.05) is 31.0 Å². The van der Waals surface area contributed by atoms with E-state index in [1.54, 1.807) is 54.4 Å². The monoisotopic (exact) mass is 471 g/mol. The summed E-state index contributed by atoms with van der Waals surface area (Å²) in [4.78, 5) is 26.2. The first kappa shape index (κ1) is 24.8. The average molecular weight is 472 g/mol. The molecule has 2 aromatic carbocycles. The van der Waals surface area contributed by atoms with Crippen LogP contribution in [0.5, 0.6) is 5.75 Å². The van der Waals surface area contributed by atoms with Crippen LogP contribution in [0.4, 0.5) is 0 Å². The Labute approximate surface area is 198 Å². The molecule has 1 aliphatic rings. The lowest BCUT2D eigenvalue weighted by molar-refractivity contribution is -0.145. The molecule has 1 saturated heterocycles. The van der Waals surface area contributed by atoms with Crippen molar-refractivity contribution in [2.24, 2.45) is 5.10 Å². The molecule has 0 radical (unpaired) electrons. The quantitative estimate of drug-likeness (QED) is 0.233. The molecule has 9 heteroatoms. The van der Waals surface area contributed by atoms with Gasteiger partial charge in [-0.3, -0.25) is 9.69 Å². The van der Waals surface area contributed by atoms with Crippen molar-refractivity contribution >= 4 is 29.9 Å². The van der Waals surface area contributed by atoms with Crippen LogP contribution < -0.4 is 10.2 Å². The van der Waals surface area contributed by atoms with Gasteiger partial charge in [0.25, 0.3) is 5.91 Å². The lowest BCUT2D eigenvalue weighted by Crippen LogP contribution is -2.35. The van der Waals surface area contributed by atoms with Gasteiger partial charge in [0.15, 0.2) is 6.61 Å². The van der Waals surface area contributed by atoms with E-state index in [4.69, 9.17) is 14.2 Å². The Hall–Kier alpha value is -2.88. The first-order chi connectivity index (χ1) is 16.1. The minimum atomic E-state index is -0.397. The second-order valence-corrected chi connectivity index (χ2v) is 8.34. The van der Waals surface area contributed by atoms with Gasteiger partial charge in [0.1, 0.15) is 12.4 Å². The third-order valence-corrected chi connectivity index (χ3v) is 5.47. The molecule has 33 heavy (non-hydrogen) atoms. The summed E-state index contributed by atoms with van der Waals surface area (Å²) in [5.74, 6) is 0.641. The second kappa shape index (κ2) is 13.6. The van der Waals surface area contributed by atoms with Crippen molar-refractivity contribution in [3.05, 3.63) is 65.2 Å². The zero-order valence-corrected chi connectivity index (χ0v) is 19.5. The number of carbonyl (C=O) groups excluding carboxylic acids is 2. The molecular weight excluding hydrogens is 442 g/mol. The maximum absolute atomic E-state index is 12.3. The molecule has 1 aliphatic heterocycles. The first-order valence-corrected chi connectivity index (χ1v) is 12.1. The number of amides is 1. The van der Waals surface area contributed by atoms with E-state index in [0.717, 1.165) is 49.7 Å². The van der Waals surface area contributed by atoms with E-state index in [9.17, 15) is 9.59 Å². The Morgan fingerprint density at radius 1 is 1.12 bits per heavy atom. The summed E-state index contributed by atoms with van der Waals surface area (Å²) >= 11 is 1.61. The third kappa shape index (κ3) is 8.88. The molecule has 0 unspecified atom stereocenters. The Balaban J connectivity index is 1.40. The van der Waals surface area contributed by atoms with Gasteiger partial charge in [-0.1, -0.05) is 12.1 Å². The molecule has 1 amide bonds. The Morgan fingerprint density at radius 2 is 1.85 bits per heavy atom. The summed E-state index contributed by atoms with van der Waals surface area (Å²) < 4.78 is 15.8. The van der Waals surface area contributed by atoms with Gasteiger partial charge in [0.2, 0.25) is 0 Å². The van der Waals surface area contributed by atoms with Crippen LogP contribution in [0.15, 0.2) is 53.6 Å². The lowest BCUT2D eigenvalue weighted by atomic mass is 10.1. The number of hydrogen-bond donors (Lipinski definition) is 1. The molecule has 0 aliphatic carbocycles. The number of benzene rings is 2. The van der Waals surface area contributed by atoms with E-state index >= 15 is 0 Å². The number of nitrogens with one attached hydrogen (secondary N) is 1. The maximum Gasteiger partial charge on any atom is 0.344 e. The van der Waals surface area contributed by atoms with Crippen LogP contribution >= 0.6 is 11.8 Å². The normalized spacial score (nSPS) is 14.2. The van der Waals surface area contributed by atoms with E-state index in [-0.39, 0.29) is 12.5 Å². The molecule has 0 spiro atoms. The smallest absolute Gasteiger partial charge is 0.344 e. The number of carbonyl (C=O) groups is 2. The summed E-state index contributed by atoms with van der Waals surface area (Å²) in [5.41, 5.74) is 5.03. The Morgan fingerprint density at radius 3 is 2.55 bits per heavy atom. The fourth-order valence-corrected chi connectivity index (χ4v) is 3.33. The van der Waals surface area contributed by atoms with E-state index < -0.39 is 5.97 Å². The van der Waals surface area contributed by atoms with E-state index in [0.29, 0.717) is 17.9 Å². The molecule has 0 aromatic heterocycles. The largest absolute Gasteiger partial charge is 0.482 e. The number of thioether (sulfide) groups is 1. The molecule has 2 aromatic rings. The molecule has 176 valence electrons. The fraction of sp³-hybridized carbons (Fsp3) is 0.375. The van der Waals surface area contributed by atoms with Gasteiger partial charge in [-0.05, 0) is 53.8 Å². The zero-order chi connectivity index (χ0) is 23.3. The van der Waals surface area contributed by atoms with Crippen molar-refractivity contribution in [3.63, 3.8) is 0 Å². The predicted octanol–water partition coefficient (Wildman–Crippen LogP) is 2.57. The average Bonchev–Trinajstić information content (AvgIpc) is 2.85. The highest BCUT2D eigenvalue weighted by Crippen LogP contribution is 2.12. The minimum absolute atomic E-state index is 0.136. The fourth-order valence-electron chi connectivity index (χ4n) is 3.08. The van der Waals surface area contributed by atoms with Gasteiger partial charge in [-0.2, -0.15) is 16.9 Å². The van der Waals surface area contributed by atoms with Crippen molar-refractivity contribution in [1.82, 2.24) is 10.3 Å². The molecule has 1 fully saturated rings. The molecular formula is C24H29N3O5S. The highest BCUT2D eigenvalue weighted by molar-refractivity contribution is 7.98. The second-order valence-electron chi connectivity index (χ2n) is 7.36. The van der Waals surface area contributed by atoms with Crippen LogP contribution in [0.2, 0.25) is 0 Å². The van der Waals surface area contributed by atoms with Crippen molar-refractivity contribution in [3.8, 4) is 5.75 Å². The van der Waals surface area contributed by atoms with E-state index in [2.05, 4.69) is 15.4 Å². The number of morpholine rings is 1. The topological polar surface area (TPSA) is 89.5 Å². The summed E-state index contributed by atoms with van der Waals surface area (Å²) in [6.45, 7) is 4.47. The molecule has 1 N–H and O–H groups in total. The number of rotatable bonds is 11. The number of ether oxygens (including phenoxy) is 3. The van der Waals surface area contributed by atoms with Gasteiger partial charge in [-0.15, -0.1) is 0 Å². The van der Waals surface area contributed by atoms with Crippen molar-refractivity contribution in [1.29, 1.82) is 0 Å². The molecule has 8 nitrogen and oxygen atoms in total. The molecule has 1 heterocycles. The Bertz CT molecular complexity index is 913. The van der Waals surface area contributed by atoms with Crippen LogP contribution in [0.3, 0.4) is 0 Å². The highest BCUT2D eigenvalue weighted by Gasteiger charge is 2.11. The van der Waals surface area contributed by atoms with Gasteiger partial charge in [-0.25, -0.2) is 10.2 Å². The molecule has 0 atom stereocenters. The molecule has 0 saturated carbocycles. The summed E-state index contributed by atoms with van der Waals surface area (Å²) in [7, 11) is 0.